The van der Waals surface area contributed by atoms with Crippen LogP contribution < -0.4 is 5.32 Å². The van der Waals surface area contributed by atoms with Crippen LogP contribution in [0.2, 0.25) is 0 Å². The first-order valence-corrected chi connectivity index (χ1v) is 7.73. The van der Waals surface area contributed by atoms with Gasteiger partial charge in [-0.2, -0.15) is 0 Å². The van der Waals surface area contributed by atoms with Crippen molar-refractivity contribution in [3.8, 4) is 0 Å². The molecule has 5 nitrogen and oxygen atoms in total. The SMILES string of the molecule is O=C(O)C(N1CCCC1)N1CCNC2CCCCC21. The molecule has 0 spiro atoms. The molecule has 108 valence electrons. The number of rotatable bonds is 3. The number of carboxylic acids is 1. The van der Waals surface area contributed by atoms with Gasteiger partial charge < -0.3 is 10.4 Å². The maximum absolute atomic E-state index is 11.8. The standard InChI is InChI=1S/C14H25N3O2/c18-14(19)13(16-8-3-4-9-16)17-10-7-15-11-5-1-2-6-12(11)17/h11-13,15H,1-10H2,(H,18,19). The molecular weight excluding hydrogens is 242 g/mol. The first kappa shape index (κ1) is 13.3. The van der Waals surface area contributed by atoms with Gasteiger partial charge in [0.2, 0.25) is 0 Å². The van der Waals surface area contributed by atoms with Crippen molar-refractivity contribution in [1.82, 2.24) is 15.1 Å². The van der Waals surface area contributed by atoms with Crippen molar-refractivity contribution in [3.63, 3.8) is 0 Å². The van der Waals surface area contributed by atoms with E-state index in [9.17, 15) is 9.90 Å². The summed E-state index contributed by atoms with van der Waals surface area (Å²) in [4.78, 5) is 16.2. The number of hydrogen-bond acceptors (Lipinski definition) is 4. The molecule has 2 heterocycles. The largest absolute Gasteiger partial charge is 0.479 e. The molecule has 0 bridgehead atoms. The van der Waals surface area contributed by atoms with E-state index in [4.69, 9.17) is 0 Å². The Morgan fingerprint density at radius 1 is 1.11 bits per heavy atom. The second-order valence-electron chi connectivity index (χ2n) is 6.11. The van der Waals surface area contributed by atoms with E-state index in [-0.39, 0.29) is 0 Å². The average Bonchev–Trinajstić information content (AvgIpc) is 2.93. The van der Waals surface area contributed by atoms with Crippen LogP contribution in [-0.2, 0) is 4.79 Å². The van der Waals surface area contributed by atoms with Crippen molar-refractivity contribution in [2.75, 3.05) is 26.2 Å². The number of nitrogens with zero attached hydrogens (tertiary/aromatic N) is 2. The Labute approximate surface area is 114 Å². The van der Waals surface area contributed by atoms with Crippen molar-refractivity contribution in [2.24, 2.45) is 0 Å². The lowest BCUT2D eigenvalue weighted by Crippen LogP contribution is -2.66. The predicted octanol–water partition coefficient (Wildman–Crippen LogP) is 0.709. The van der Waals surface area contributed by atoms with Gasteiger partial charge in [-0.3, -0.25) is 9.80 Å². The van der Waals surface area contributed by atoms with Crippen LogP contribution in [0.4, 0.5) is 0 Å². The fraction of sp³-hybridized carbons (Fsp3) is 0.929. The first-order chi connectivity index (χ1) is 9.27. The molecule has 3 fully saturated rings. The van der Waals surface area contributed by atoms with Crippen molar-refractivity contribution in [1.29, 1.82) is 0 Å². The molecule has 2 aliphatic heterocycles. The second-order valence-corrected chi connectivity index (χ2v) is 6.11. The molecule has 0 aromatic heterocycles. The lowest BCUT2D eigenvalue weighted by molar-refractivity contribution is -0.154. The molecule has 2 N–H and O–H groups in total. The van der Waals surface area contributed by atoms with E-state index in [0.29, 0.717) is 12.1 Å². The average molecular weight is 267 g/mol. The van der Waals surface area contributed by atoms with E-state index in [0.717, 1.165) is 45.4 Å². The van der Waals surface area contributed by atoms with Gasteiger partial charge in [-0.25, -0.2) is 4.79 Å². The van der Waals surface area contributed by atoms with E-state index in [2.05, 4.69) is 15.1 Å². The minimum absolute atomic E-state index is 0.393. The Hall–Kier alpha value is -0.650. The molecule has 0 amide bonds. The first-order valence-electron chi connectivity index (χ1n) is 7.73. The van der Waals surface area contributed by atoms with E-state index >= 15 is 0 Å². The fourth-order valence-corrected chi connectivity index (χ4v) is 4.09. The molecule has 0 radical (unpaired) electrons. The summed E-state index contributed by atoms with van der Waals surface area (Å²) < 4.78 is 0. The minimum Gasteiger partial charge on any atom is -0.479 e. The summed E-state index contributed by atoms with van der Waals surface area (Å²) in [6.45, 7) is 3.68. The zero-order valence-corrected chi connectivity index (χ0v) is 11.6. The molecule has 3 atom stereocenters. The Balaban J connectivity index is 1.77. The number of carbonyl (C=O) groups is 1. The number of fused-ring (bicyclic) bond motifs is 1. The van der Waals surface area contributed by atoms with Crippen LogP contribution in [0.25, 0.3) is 0 Å². The zero-order chi connectivity index (χ0) is 13.2. The van der Waals surface area contributed by atoms with E-state index < -0.39 is 12.1 Å². The Kier molecular flexibility index (Phi) is 4.05. The van der Waals surface area contributed by atoms with E-state index in [1.165, 1.54) is 19.3 Å². The lowest BCUT2D eigenvalue weighted by atomic mass is 9.87. The Bertz CT molecular complexity index is 329. The number of piperazine rings is 1. The summed E-state index contributed by atoms with van der Waals surface area (Å²) in [5, 5.41) is 13.3. The summed E-state index contributed by atoms with van der Waals surface area (Å²) in [5.41, 5.74) is 0. The summed E-state index contributed by atoms with van der Waals surface area (Å²) >= 11 is 0. The van der Waals surface area contributed by atoms with Gasteiger partial charge in [0, 0.05) is 38.3 Å². The van der Waals surface area contributed by atoms with Gasteiger partial charge in [0.15, 0.2) is 6.17 Å². The number of hydrogen-bond donors (Lipinski definition) is 2. The van der Waals surface area contributed by atoms with Crippen LogP contribution in [0.1, 0.15) is 38.5 Å². The summed E-state index contributed by atoms with van der Waals surface area (Å²) in [7, 11) is 0. The maximum Gasteiger partial charge on any atom is 0.336 e. The topological polar surface area (TPSA) is 55.8 Å². The molecule has 5 heteroatoms. The fourth-order valence-electron chi connectivity index (χ4n) is 4.09. The molecule has 19 heavy (non-hydrogen) atoms. The quantitative estimate of drug-likeness (QED) is 0.789. The molecule has 3 unspecified atom stereocenters. The highest BCUT2D eigenvalue weighted by atomic mass is 16.4. The van der Waals surface area contributed by atoms with Crippen LogP contribution in [0.5, 0.6) is 0 Å². The third-order valence-electron chi connectivity index (χ3n) is 4.95. The molecular formula is C14H25N3O2. The van der Waals surface area contributed by atoms with Crippen molar-refractivity contribution < 1.29 is 9.90 Å². The summed E-state index contributed by atoms with van der Waals surface area (Å²) in [6.07, 6.45) is 6.77. The zero-order valence-electron chi connectivity index (χ0n) is 11.6. The van der Waals surface area contributed by atoms with E-state index in [1.807, 2.05) is 0 Å². The highest BCUT2D eigenvalue weighted by Crippen LogP contribution is 2.28. The number of aliphatic carboxylic acids is 1. The van der Waals surface area contributed by atoms with Crippen molar-refractivity contribution in [2.45, 2.75) is 56.8 Å². The minimum atomic E-state index is -0.659. The molecule has 0 aromatic carbocycles. The number of carboxylic acid groups (broad SMARTS) is 1. The van der Waals surface area contributed by atoms with Gasteiger partial charge in [-0.15, -0.1) is 0 Å². The molecule has 1 saturated carbocycles. The lowest BCUT2D eigenvalue weighted by Gasteiger charge is -2.48. The third kappa shape index (κ3) is 2.64. The van der Waals surface area contributed by atoms with Gasteiger partial charge >= 0.3 is 5.97 Å². The third-order valence-corrected chi connectivity index (χ3v) is 4.95. The van der Waals surface area contributed by atoms with Crippen LogP contribution in [0.3, 0.4) is 0 Å². The van der Waals surface area contributed by atoms with Crippen LogP contribution >= 0.6 is 0 Å². The van der Waals surface area contributed by atoms with Crippen LogP contribution in [-0.4, -0.2) is 65.3 Å². The van der Waals surface area contributed by atoms with Gasteiger partial charge in [0.05, 0.1) is 0 Å². The van der Waals surface area contributed by atoms with Crippen LogP contribution in [0.15, 0.2) is 0 Å². The molecule has 2 saturated heterocycles. The highest BCUT2D eigenvalue weighted by Gasteiger charge is 2.42. The van der Waals surface area contributed by atoms with Gasteiger partial charge in [0.1, 0.15) is 0 Å². The summed E-state index contributed by atoms with van der Waals surface area (Å²) in [6, 6.07) is 0.927. The monoisotopic (exact) mass is 267 g/mol. The smallest absolute Gasteiger partial charge is 0.336 e. The van der Waals surface area contributed by atoms with Crippen molar-refractivity contribution in [3.05, 3.63) is 0 Å². The molecule has 3 rings (SSSR count). The summed E-state index contributed by atoms with van der Waals surface area (Å²) in [5.74, 6) is -0.659. The second kappa shape index (κ2) is 5.77. The molecule has 3 aliphatic rings. The predicted molar refractivity (Wildman–Crippen MR) is 73.0 cm³/mol. The highest BCUT2D eigenvalue weighted by molar-refractivity contribution is 5.73. The maximum atomic E-state index is 11.8. The Morgan fingerprint density at radius 3 is 2.58 bits per heavy atom. The van der Waals surface area contributed by atoms with Gasteiger partial charge in [-0.1, -0.05) is 12.8 Å². The number of nitrogens with one attached hydrogen (secondary N) is 1. The van der Waals surface area contributed by atoms with Crippen LogP contribution in [0, 0.1) is 0 Å². The molecule has 0 aromatic rings. The van der Waals surface area contributed by atoms with Gasteiger partial charge in [-0.05, 0) is 25.7 Å². The van der Waals surface area contributed by atoms with Crippen molar-refractivity contribution >= 4 is 5.97 Å². The van der Waals surface area contributed by atoms with Gasteiger partial charge in [0.25, 0.3) is 0 Å². The number of likely N-dealkylation sites (tertiary alicyclic amines) is 1. The normalized spacial score (nSPS) is 34.9. The Morgan fingerprint density at radius 2 is 1.84 bits per heavy atom. The van der Waals surface area contributed by atoms with E-state index in [1.54, 1.807) is 0 Å². The molecule has 1 aliphatic carbocycles.